The number of unbranched alkanes of at least 4 members (excludes halogenated alkanes) is 1. The number of aryl methyl sites for hydroxylation is 1. The van der Waals surface area contributed by atoms with Gasteiger partial charge in [-0.2, -0.15) is 0 Å². The number of amides is 4. The number of hydrogen-bond acceptors (Lipinski definition) is 7. The standard InChI is InChI=1S/C35H50N4O7/c1-9-10-20-39(31(42)26(22-28(36)40)38-33(44)46-35(6,7)8)29(25-18-16-23(2)17-19-25)30(41)37-27(32(43)45-34(3,4)5)21-24-14-12-11-13-15-24/h11-19,26-27,29H,9-10,20-22H2,1-8H3,(H2,36,40)(H,37,41)(H,38,44). The highest BCUT2D eigenvalue weighted by Gasteiger charge is 2.38. The normalized spacial score (nSPS) is 13.5. The molecule has 0 saturated heterocycles. The second-order valence-electron chi connectivity index (χ2n) is 13.4. The molecule has 252 valence electrons. The second-order valence-corrected chi connectivity index (χ2v) is 13.4. The van der Waals surface area contributed by atoms with Crippen molar-refractivity contribution in [2.24, 2.45) is 5.73 Å². The quantitative estimate of drug-likeness (QED) is 0.257. The fourth-order valence-corrected chi connectivity index (χ4v) is 4.63. The summed E-state index contributed by atoms with van der Waals surface area (Å²) in [6.45, 7) is 14.2. The van der Waals surface area contributed by atoms with Crippen molar-refractivity contribution in [1.82, 2.24) is 15.5 Å². The average molecular weight is 639 g/mol. The Balaban J connectivity index is 2.60. The highest BCUT2D eigenvalue weighted by Crippen LogP contribution is 2.25. The van der Waals surface area contributed by atoms with Crippen LogP contribution in [0, 0.1) is 6.92 Å². The number of nitrogens with two attached hydrogens (primary N) is 1. The van der Waals surface area contributed by atoms with E-state index >= 15 is 0 Å². The van der Waals surface area contributed by atoms with E-state index in [1.165, 1.54) is 4.90 Å². The van der Waals surface area contributed by atoms with E-state index in [-0.39, 0.29) is 13.0 Å². The Morgan fingerprint density at radius 1 is 0.826 bits per heavy atom. The third kappa shape index (κ3) is 12.9. The number of ether oxygens (including phenoxy) is 2. The Kier molecular flexibility index (Phi) is 13.8. The Morgan fingerprint density at radius 3 is 1.93 bits per heavy atom. The largest absolute Gasteiger partial charge is 0.458 e. The van der Waals surface area contributed by atoms with Gasteiger partial charge in [-0.25, -0.2) is 9.59 Å². The summed E-state index contributed by atoms with van der Waals surface area (Å²) in [5.74, 6) is -2.78. The van der Waals surface area contributed by atoms with Crippen LogP contribution in [-0.2, 0) is 35.1 Å². The van der Waals surface area contributed by atoms with Crippen molar-refractivity contribution in [3.05, 3.63) is 71.3 Å². The smallest absolute Gasteiger partial charge is 0.408 e. The molecule has 11 heteroatoms. The molecule has 0 aromatic heterocycles. The third-order valence-corrected chi connectivity index (χ3v) is 6.67. The van der Waals surface area contributed by atoms with Crippen molar-refractivity contribution in [2.45, 2.75) is 110 Å². The van der Waals surface area contributed by atoms with Gasteiger partial charge in [-0.3, -0.25) is 14.4 Å². The number of carbonyl (C=O) groups is 5. The van der Waals surface area contributed by atoms with Gasteiger partial charge in [-0.05, 0) is 66.0 Å². The first-order chi connectivity index (χ1) is 21.4. The number of nitrogens with zero attached hydrogens (tertiary/aromatic N) is 1. The molecule has 0 heterocycles. The van der Waals surface area contributed by atoms with Gasteiger partial charge in [-0.15, -0.1) is 0 Å². The molecular formula is C35H50N4O7. The molecule has 3 atom stereocenters. The lowest BCUT2D eigenvalue weighted by molar-refractivity contribution is -0.159. The molecule has 2 aromatic rings. The van der Waals surface area contributed by atoms with Crippen LogP contribution in [0.5, 0.6) is 0 Å². The van der Waals surface area contributed by atoms with Gasteiger partial charge in [0.15, 0.2) is 0 Å². The maximum atomic E-state index is 14.3. The molecule has 0 saturated carbocycles. The van der Waals surface area contributed by atoms with Gasteiger partial charge < -0.3 is 30.7 Å². The first kappa shape index (κ1) is 37.8. The number of esters is 1. The Morgan fingerprint density at radius 2 is 1.41 bits per heavy atom. The van der Waals surface area contributed by atoms with Crippen LogP contribution < -0.4 is 16.4 Å². The molecule has 0 aliphatic rings. The van der Waals surface area contributed by atoms with Gasteiger partial charge in [-0.1, -0.05) is 73.5 Å². The molecular weight excluding hydrogens is 588 g/mol. The second kappa shape index (κ2) is 16.8. The summed E-state index contributed by atoms with van der Waals surface area (Å²) < 4.78 is 11.0. The van der Waals surface area contributed by atoms with E-state index in [4.69, 9.17) is 15.2 Å². The van der Waals surface area contributed by atoms with E-state index in [0.717, 1.165) is 11.1 Å². The van der Waals surface area contributed by atoms with Crippen LogP contribution in [0.2, 0.25) is 0 Å². The molecule has 0 aliphatic heterocycles. The summed E-state index contributed by atoms with van der Waals surface area (Å²) >= 11 is 0. The monoisotopic (exact) mass is 638 g/mol. The van der Waals surface area contributed by atoms with Crippen molar-refractivity contribution >= 4 is 29.8 Å². The van der Waals surface area contributed by atoms with Crippen LogP contribution in [0.1, 0.15) is 90.5 Å². The van der Waals surface area contributed by atoms with E-state index in [1.807, 2.05) is 56.3 Å². The Hall–Kier alpha value is -4.41. The lowest BCUT2D eigenvalue weighted by atomic mass is 9.99. The van der Waals surface area contributed by atoms with Crippen LogP contribution in [0.25, 0.3) is 0 Å². The highest BCUT2D eigenvalue weighted by molar-refractivity contribution is 5.95. The zero-order chi connectivity index (χ0) is 34.7. The molecule has 2 rings (SSSR count). The van der Waals surface area contributed by atoms with Gasteiger partial charge in [0.2, 0.25) is 17.7 Å². The fraction of sp³-hybridized carbons (Fsp3) is 0.514. The molecule has 0 radical (unpaired) electrons. The number of alkyl carbamates (subject to hydrolysis) is 1. The van der Waals surface area contributed by atoms with Crippen molar-refractivity contribution in [1.29, 1.82) is 0 Å². The number of benzene rings is 2. The van der Waals surface area contributed by atoms with E-state index in [9.17, 15) is 24.0 Å². The number of rotatable bonds is 14. The third-order valence-electron chi connectivity index (χ3n) is 6.67. The lowest BCUT2D eigenvalue weighted by Gasteiger charge is -2.35. The van der Waals surface area contributed by atoms with Gasteiger partial charge in [0.25, 0.3) is 0 Å². The molecule has 2 aromatic carbocycles. The zero-order valence-electron chi connectivity index (χ0n) is 28.3. The van der Waals surface area contributed by atoms with Crippen LogP contribution in [-0.4, -0.2) is 64.5 Å². The summed E-state index contributed by atoms with van der Waals surface area (Å²) in [6.07, 6.45) is -0.0869. The number of primary amides is 1. The van der Waals surface area contributed by atoms with Crippen LogP contribution in [0.4, 0.5) is 4.79 Å². The SMILES string of the molecule is CCCCN(C(=O)C(CC(N)=O)NC(=O)OC(C)(C)C)C(C(=O)NC(Cc1ccccc1)C(=O)OC(C)(C)C)c1ccc(C)cc1. The van der Waals surface area contributed by atoms with Crippen LogP contribution in [0.3, 0.4) is 0 Å². The van der Waals surface area contributed by atoms with Crippen molar-refractivity contribution in [3.63, 3.8) is 0 Å². The minimum Gasteiger partial charge on any atom is -0.458 e. The first-order valence-corrected chi connectivity index (χ1v) is 15.6. The number of nitrogens with one attached hydrogen (secondary N) is 2. The summed E-state index contributed by atoms with van der Waals surface area (Å²) in [6, 6.07) is 12.6. The minimum absolute atomic E-state index is 0.113. The van der Waals surface area contributed by atoms with Crippen LogP contribution >= 0.6 is 0 Å². The first-order valence-electron chi connectivity index (χ1n) is 15.6. The maximum Gasteiger partial charge on any atom is 0.408 e. The number of carbonyl (C=O) groups excluding carboxylic acids is 5. The van der Waals surface area contributed by atoms with Crippen molar-refractivity contribution < 1.29 is 33.4 Å². The van der Waals surface area contributed by atoms with E-state index < -0.39 is 65.5 Å². The summed E-state index contributed by atoms with van der Waals surface area (Å²) in [4.78, 5) is 68.1. The van der Waals surface area contributed by atoms with Gasteiger partial charge in [0.1, 0.15) is 29.3 Å². The Labute approximate surface area is 272 Å². The molecule has 3 unspecified atom stereocenters. The Bertz CT molecular complexity index is 1330. The van der Waals surface area contributed by atoms with Gasteiger partial charge in [0, 0.05) is 13.0 Å². The van der Waals surface area contributed by atoms with E-state index in [1.54, 1.807) is 53.7 Å². The molecule has 0 spiro atoms. The predicted molar refractivity (Wildman–Crippen MR) is 175 cm³/mol. The van der Waals surface area contributed by atoms with Gasteiger partial charge in [0.05, 0.1) is 6.42 Å². The van der Waals surface area contributed by atoms with Crippen LogP contribution in [0.15, 0.2) is 54.6 Å². The van der Waals surface area contributed by atoms with E-state index in [0.29, 0.717) is 18.4 Å². The molecule has 11 nitrogen and oxygen atoms in total. The molecule has 0 aliphatic carbocycles. The lowest BCUT2D eigenvalue weighted by Crippen LogP contribution is -2.55. The van der Waals surface area contributed by atoms with Crippen molar-refractivity contribution in [3.8, 4) is 0 Å². The number of hydrogen-bond donors (Lipinski definition) is 3. The molecule has 46 heavy (non-hydrogen) atoms. The van der Waals surface area contributed by atoms with Crippen molar-refractivity contribution in [2.75, 3.05) is 6.54 Å². The predicted octanol–water partition coefficient (Wildman–Crippen LogP) is 4.50. The molecule has 4 N–H and O–H groups in total. The summed E-state index contributed by atoms with van der Waals surface area (Å²) in [5.41, 5.74) is 6.01. The van der Waals surface area contributed by atoms with E-state index in [2.05, 4.69) is 10.6 Å². The topological polar surface area (TPSA) is 157 Å². The summed E-state index contributed by atoms with van der Waals surface area (Å²) in [5, 5.41) is 5.33. The minimum atomic E-state index is -1.41. The molecule has 0 bridgehead atoms. The molecule has 4 amide bonds. The summed E-state index contributed by atoms with van der Waals surface area (Å²) in [7, 11) is 0. The zero-order valence-corrected chi connectivity index (χ0v) is 28.3. The maximum absolute atomic E-state index is 14.3. The highest BCUT2D eigenvalue weighted by atomic mass is 16.6. The van der Waals surface area contributed by atoms with Gasteiger partial charge >= 0.3 is 12.1 Å². The fourth-order valence-electron chi connectivity index (χ4n) is 4.63. The average Bonchev–Trinajstić information content (AvgIpc) is 2.93. The molecule has 0 fully saturated rings.